The second kappa shape index (κ2) is 5.70. The van der Waals surface area contributed by atoms with Crippen molar-refractivity contribution in [3.63, 3.8) is 0 Å². The van der Waals surface area contributed by atoms with E-state index in [1.807, 2.05) is 6.92 Å². The normalized spacial score (nSPS) is 14.1. The van der Waals surface area contributed by atoms with Crippen LogP contribution in [0.15, 0.2) is 12.1 Å². The molecule has 5 N–H and O–H groups in total. The molecule has 1 heterocycles. The molecule has 1 atom stereocenters. The maximum Gasteiger partial charge on any atom is 0.239 e. The highest BCUT2D eigenvalue weighted by molar-refractivity contribution is 5.53. The van der Waals surface area contributed by atoms with Crippen LogP contribution in [0.25, 0.3) is 0 Å². The molecule has 0 aliphatic heterocycles. The van der Waals surface area contributed by atoms with Crippen molar-refractivity contribution in [3.8, 4) is 5.88 Å². The first-order valence-electron chi connectivity index (χ1n) is 5.45. The number of nitrogen functional groups attached to an aromatic ring is 1. The van der Waals surface area contributed by atoms with E-state index in [2.05, 4.69) is 10.3 Å². The minimum atomic E-state index is -1.19. The largest absolute Gasteiger partial charge is 0.476 e. The summed E-state index contributed by atoms with van der Waals surface area (Å²) in [5.74, 6) is 0.900. The third kappa shape index (κ3) is 4.08. The highest BCUT2D eigenvalue weighted by Gasteiger charge is 2.18. The summed E-state index contributed by atoms with van der Waals surface area (Å²) in [6, 6.07) is 3.36. The average molecular weight is 241 g/mol. The van der Waals surface area contributed by atoms with Crippen LogP contribution < -0.4 is 15.8 Å². The van der Waals surface area contributed by atoms with Crippen molar-refractivity contribution in [2.24, 2.45) is 0 Å². The molecule has 0 amide bonds. The molecule has 0 aliphatic rings. The highest BCUT2D eigenvalue weighted by Crippen LogP contribution is 2.21. The van der Waals surface area contributed by atoms with Gasteiger partial charge >= 0.3 is 0 Å². The standard InChI is InChI=1S/C11H19N3O3/c1-3-17-10-8(12)4-5-9(14-10)13-6-11(2,16)7-15/h4-5,15-16H,3,6-7,12H2,1-2H3,(H,13,14). The van der Waals surface area contributed by atoms with Gasteiger partial charge in [-0.3, -0.25) is 0 Å². The number of aliphatic hydroxyl groups excluding tert-OH is 1. The predicted molar refractivity (Wildman–Crippen MR) is 66.0 cm³/mol. The number of nitrogens with zero attached hydrogens (tertiary/aromatic N) is 1. The summed E-state index contributed by atoms with van der Waals surface area (Å²) in [5, 5.41) is 21.4. The van der Waals surface area contributed by atoms with E-state index >= 15 is 0 Å². The number of anilines is 2. The molecule has 1 rings (SSSR count). The van der Waals surface area contributed by atoms with Crippen LogP contribution in [0.2, 0.25) is 0 Å². The Balaban J connectivity index is 2.69. The van der Waals surface area contributed by atoms with Gasteiger partial charge in [0, 0.05) is 6.54 Å². The smallest absolute Gasteiger partial charge is 0.239 e. The van der Waals surface area contributed by atoms with Crippen molar-refractivity contribution in [2.45, 2.75) is 19.4 Å². The first-order chi connectivity index (χ1) is 7.98. The number of hydrogen-bond donors (Lipinski definition) is 4. The van der Waals surface area contributed by atoms with Gasteiger partial charge in [-0.05, 0) is 26.0 Å². The van der Waals surface area contributed by atoms with Crippen LogP contribution in [0.1, 0.15) is 13.8 Å². The molecular formula is C11H19N3O3. The fraction of sp³-hybridized carbons (Fsp3) is 0.545. The summed E-state index contributed by atoms with van der Waals surface area (Å²) in [6.07, 6.45) is 0. The monoisotopic (exact) mass is 241 g/mol. The first kappa shape index (κ1) is 13.5. The van der Waals surface area contributed by atoms with E-state index in [-0.39, 0.29) is 13.2 Å². The number of pyridine rings is 1. The second-order valence-electron chi connectivity index (χ2n) is 4.03. The maximum atomic E-state index is 9.62. The summed E-state index contributed by atoms with van der Waals surface area (Å²) in [6.45, 7) is 3.72. The van der Waals surface area contributed by atoms with E-state index in [4.69, 9.17) is 15.6 Å². The Hall–Kier alpha value is -1.53. The molecule has 1 aromatic heterocycles. The van der Waals surface area contributed by atoms with E-state index in [0.717, 1.165) is 0 Å². The third-order valence-electron chi connectivity index (χ3n) is 2.16. The SMILES string of the molecule is CCOc1nc(NCC(C)(O)CO)ccc1N. The summed E-state index contributed by atoms with van der Waals surface area (Å²) in [7, 11) is 0. The third-order valence-corrected chi connectivity index (χ3v) is 2.16. The zero-order chi connectivity index (χ0) is 12.9. The predicted octanol–water partition coefficient (Wildman–Crippen LogP) is 0.218. The van der Waals surface area contributed by atoms with Crippen LogP contribution in [0.5, 0.6) is 5.88 Å². The van der Waals surface area contributed by atoms with Crippen molar-refractivity contribution in [2.75, 3.05) is 30.8 Å². The molecule has 0 aromatic carbocycles. The number of hydrogen-bond acceptors (Lipinski definition) is 6. The quantitative estimate of drug-likeness (QED) is 0.568. The van der Waals surface area contributed by atoms with Crippen LogP contribution in [0.4, 0.5) is 11.5 Å². The molecule has 96 valence electrons. The van der Waals surface area contributed by atoms with Gasteiger partial charge in [-0.1, -0.05) is 0 Å². The van der Waals surface area contributed by atoms with E-state index in [0.29, 0.717) is 24.0 Å². The lowest BCUT2D eigenvalue weighted by molar-refractivity contribution is 0.0131. The Kier molecular flexibility index (Phi) is 4.53. The molecule has 0 saturated carbocycles. The molecular weight excluding hydrogens is 222 g/mol. The first-order valence-corrected chi connectivity index (χ1v) is 5.45. The van der Waals surface area contributed by atoms with Gasteiger partial charge in [0.25, 0.3) is 0 Å². The fourth-order valence-electron chi connectivity index (χ4n) is 1.14. The van der Waals surface area contributed by atoms with Gasteiger partial charge in [0.2, 0.25) is 5.88 Å². The minimum Gasteiger partial charge on any atom is -0.476 e. The zero-order valence-electron chi connectivity index (χ0n) is 10.1. The van der Waals surface area contributed by atoms with Crippen molar-refractivity contribution >= 4 is 11.5 Å². The van der Waals surface area contributed by atoms with Crippen LogP contribution in [-0.2, 0) is 0 Å². The van der Waals surface area contributed by atoms with E-state index in [1.165, 1.54) is 6.92 Å². The Morgan fingerprint density at radius 1 is 1.53 bits per heavy atom. The Labute approximate surface area is 100 Å². The average Bonchev–Trinajstić information content (AvgIpc) is 2.31. The van der Waals surface area contributed by atoms with Crippen LogP contribution in [-0.4, -0.2) is 40.6 Å². The molecule has 0 radical (unpaired) electrons. The number of nitrogens with one attached hydrogen (secondary N) is 1. The van der Waals surface area contributed by atoms with Crippen LogP contribution in [0.3, 0.4) is 0 Å². The summed E-state index contributed by atoms with van der Waals surface area (Å²) in [5.41, 5.74) is 4.96. The summed E-state index contributed by atoms with van der Waals surface area (Å²) < 4.78 is 5.25. The number of rotatable bonds is 6. The maximum absolute atomic E-state index is 9.62. The number of nitrogens with two attached hydrogens (primary N) is 1. The van der Waals surface area contributed by atoms with E-state index in [1.54, 1.807) is 12.1 Å². The van der Waals surface area contributed by atoms with Gasteiger partial charge in [0.15, 0.2) is 0 Å². The lowest BCUT2D eigenvalue weighted by atomic mass is 10.1. The number of aliphatic hydroxyl groups is 2. The molecule has 0 fully saturated rings. The molecule has 17 heavy (non-hydrogen) atoms. The number of ether oxygens (including phenoxy) is 1. The second-order valence-corrected chi connectivity index (χ2v) is 4.03. The Morgan fingerprint density at radius 3 is 2.82 bits per heavy atom. The van der Waals surface area contributed by atoms with Gasteiger partial charge in [0.05, 0.1) is 18.9 Å². The van der Waals surface area contributed by atoms with Gasteiger partial charge in [-0.15, -0.1) is 0 Å². The van der Waals surface area contributed by atoms with Crippen molar-refractivity contribution < 1.29 is 14.9 Å². The molecule has 1 unspecified atom stereocenters. The minimum absolute atomic E-state index is 0.186. The molecule has 1 aromatic rings. The van der Waals surface area contributed by atoms with Gasteiger partial charge < -0.3 is 26.0 Å². The Bertz CT molecular complexity index is 369. The summed E-state index contributed by atoms with van der Waals surface area (Å²) in [4.78, 5) is 4.15. The summed E-state index contributed by atoms with van der Waals surface area (Å²) >= 11 is 0. The fourth-order valence-corrected chi connectivity index (χ4v) is 1.14. The Morgan fingerprint density at radius 2 is 2.24 bits per heavy atom. The van der Waals surface area contributed by atoms with Crippen molar-refractivity contribution in [3.05, 3.63) is 12.1 Å². The van der Waals surface area contributed by atoms with Crippen molar-refractivity contribution in [1.82, 2.24) is 4.98 Å². The molecule has 6 nitrogen and oxygen atoms in total. The van der Waals surface area contributed by atoms with E-state index in [9.17, 15) is 5.11 Å². The molecule has 0 aliphatic carbocycles. The van der Waals surface area contributed by atoms with Gasteiger partial charge in [-0.2, -0.15) is 4.98 Å². The van der Waals surface area contributed by atoms with E-state index < -0.39 is 5.60 Å². The highest BCUT2D eigenvalue weighted by atomic mass is 16.5. The molecule has 0 bridgehead atoms. The lowest BCUT2D eigenvalue weighted by Crippen LogP contribution is -2.37. The van der Waals surface area contributed by atoms with Crippen LogP contribution in [0, 0.1) is 0 Å². The lowest BCUT2D eigenvalue weighted by Gasteiger charge is -2.21. The molecule has 0 saturated heterocycles. The molecule has 6 heteroatoms. The molecule has 0 spiro atoms. The van der Waals surface area contributed by atoms with Gasteiger partial charge in [0.1, 0.15) is 11.4 Å². The van der Waals surface area contributed by atoms with Crippen molar-refractivity contribution in [1.29, 1.82) is 0 Å². The number of aromatic nitrogens is 1. The topological polar surface area (TPSA) is 101 Å². The zero-order valence-corrected chi connectivity index (χ0v) is 10.1. The van der Waals surface area contributed by atoms with Gasteiger partial charge in [-0.25, -0.2) is 0 Å². The van der Waals surface area contributed by atoms with Crippen LogP contribution >= 0.6 is 0 Å².